The van der Waals surface area contributed by atoms with E-state index in [0.29, 0.717) is 18.4 Å². The lowest BCUT2D eigenvalue weighted by Crippen LogP contribution is -2.39. The molecule has 1 atom stereocenters. The molecule has 1 aliphatic heterocycles. The summed E-state index contributed by atoms with van der Waals surface area (Å²) < 4.78 is 9.50. The van der Waals surface area contributed by atoms with Crippen LogP contribution in [-0.2, 0) is 13.2 Å². The molecule has 0 spiro atoms. The van der Waals surface area contributed by atoms with Crippen molar-refractivity contribution >= 4 is 10.9 Å². The SMILES string of the molecule is CC1CCCCN1CCn1ncc2cc(-n3ccc(OCc4ccccc4)cc3=O)ccc21. The van der Waals surface area contributed by atoms with Gasteiger partial charge in [-0.15, -0.1) is 0 Å². The predicted molar refractivity (Wildman–Crippen MR) is 131 cm³/mol. The fourth-order valence-electron chi connectivity index (χ4n) is 4.62. The van der Waals surface area contributed by atoms with Crippen molar-refractivity contribution in [2.24, 2.45) is 0 Å². The highest BCUT2D eigenvalue weighted by Gasteiger charge is 2.18. The summed E-state index contributed by atoms with van der Waals surface area (Å²) in [5.74, 6) is 0.570. The molecule has 2 aromatic carbocycles. The van der Waals surface area contributed by atoms with Crippen LogP contribution in [0.25, 0.3) is 16.6 Å². The second-order valence-corrected chi connectivity index (χ2v) is 8.84. The molecule has 0 bridgehead atoms. The molecule has 5 rings (SSSR count). The lowest BCUT2D eigenvalue weighted by molar-refractivity contribution is 0.154. The van der Waals surface area contributed by atoms with Crippen LogP contribution >= 0.6 is 0 Å². The van der Waals surface area contributed by atoms with Gasteiger partial charge in [0, 0.05) is 35.9 Å². The number of benzene rings is 2. The van der Waals surface area contributed by atoms with Crippen LogP contribution in [0.4, 0.5) is 0 Å². The number of hydrogen-bond donors (Lipinski definition) is 0. The minimum Gasteiger partial charge on any atom is -0.489 e. The van der Waals surface area contributed by atoms with Gasteiger partial charge in [-0.2, -0.15) is 5.10 Å². The summed E-state index contributed by atoms with van der Waals surface area (Å²) in [5.41, 5.74) is 2.87. The van der Waals surface area contributed by atoms with Crippen LogP contribution in [0, 0.1) is 0 Å². The Morgan fingerprint density at radius 2 is 1.91 bits per heavy atom. The fraction of sp³-hybridized carbons (Fsp3) is 0.333. The maximum atomic E-state index is 12.8. The molecule has 1 unspecified atom stereocenters. The van der Waals surface area contributed by atoms with Crippen LogP contribution < -0.4 is 10.3 Å². The van der Waals surface area contributed by atoms with Crippen molar-refractivity contribution in [3.8, 4) is 11.4 Å². The van der Waals surface area contributed by atoms with E-state index in [0.717, 1.165) is 35.2 Å². The van der Waals surface area contributed by atoms with Crippen LogP contribution in [0.1, 0.15) is 31.7 Å². The number of pyridine rings is 1. The highest BCUT2D eigenvalue weighted by atomic mass is 16.5. The number of fused-ring (bicyclic) bond motifs is 1. The number of rotatable bonds is 7. The monoisotopic (exact) mass is 442 g/mol. The summed E-state index contributed by atoms with van der Waals surface area (Å²) in [5, 5.41) is 5.65. The Hall–Kier alpha value is -3.38. The highest BCUT2D eigenvalue weighted by Crippen LogP contribution is 2.20. The first kappa shape index (κ1) is 21.5. The van der Waals surface area contributed by atoms with Crippen molar-refractivity contribution in [2.75, 3.05) is 13.1 Å². The first-order valence-corrected chi connectivity index (χ1v) is 11.8. The molecule has 0 N–H and O–H groups in total. The first-order chi connectivity index (χ1) is 16.2. The molecular formula is C27H30N4O2. The van der Waals surface area contributed by atoms with Crippen LogP contribution in [-0.4, -0.2) is 38.4 Å². The van der Waals surface area contributed by atoms with E-state index in [4.69, 9.17) is 4.74 Å². The summed E-state index contributed by atoms with van der Waals surface area (Å²) >= 11 is 0. The Labute approximate surface area is 194 Å². The summed E-state index contributed by atoms with van der Waals surface area (Å²) in [6, 6.07) is 20.0. The Morgan fingerprint density at radius 1 is 1.03 bits per heavy atom. The van der Waals surface area contributed by atoms with Crippen molar-refractivity contribution in [1.29, 1.82) is 0 Å². The molecule has 6 nitrogen and oxygen atoms in total. The summed E-state index contributed by atoms with van der Waals surface area (Å²) in [7, 11) is 0. The van der Waals surface area contributed by atoms with Crippen LogP contribution in [0.5, 0.6) is 5.75 Å². The number of ether oxygens (including phenoxy) is 1. The summed E-state index contributed by atoms with van der Waals surface area (Å²) in [6.45, 7) is 5.83. The third-order valence-electron chi connectivity index (χ3n) is 6.58. The van der Waals surface area contributed by atoms with Gasteiger partial charge in [-0.25, -0.2) is 0 Å². The minimum absolute atomic E-state index is 0.119. The van der Waals surface area contributed by atoms with E-state index in [9.17, 15) is 4.79 Å². The molecule has 0 saturated carbocycles. The van der Waals surface area contributed by atoms with Crippen LogP contribution in [0.2, 0.25) is 0 Å². The predicted octanol–water partition coefficient (Wildman–Crippen LogP) is 4.64. The van der Waals surface area contributed by atoms with Crippen LogP contribution in [0.15, 0.2) is 77.9 Å². The van der Waals surface area contributed by atoms with Gasteiger partial charge in [0.1, 0.15) is 12.4 Å². The van der Waals surface area contributed by atoms with Gasteiger partial charge in [0.15, 0.2) is 0 Å². The third-order valence-corrected chi connectivity index (χ3v) is 6.58. The maximum Gasteiger partial charge on any atom is 0.258 e. The van der Waals surface area contributed by atoms with Gasteiger partial charge < -0.3 is 4.74 Å². The average Bonchev–Trinajstić information content (AvgIpc) is 3.25. The number of likely N-dealkylation sites (tertiary alicyclic amines) is 1. The van der Waals surface area contributed by atoms with E-state index in [1.807, 2.05) is 54.7 Å². The zero-order valence-corrected chi connectivity index (χ0v) is 19.1. The molecule has 1 saturated heterocycles. The van der Waals surface area contributed by atoms with Crippen molar-refractivity contribution in [1.82, 2.24) is 19.2 Å². The Balaban J connectivity index is 1.29. The number of nitrogens with zero attached hydrogens (tertiary/aromatic N) is 4. The smallest absolute Gasteiger partial charge is 0.258 e. The quantitative estimate of drug-likeness (QED) is 0.418. The molecule has 1 fully saturated rings. The third kappa shape index (κ3) is 4.86. The molecule has 1 aliphatic rings. The van der Waals surface area contributed by atoms with E-state index in [1.165, 1.54) is 31.9 Å². The van der Waals surface area contributed by atoms with Gasteiger partial charge in [0.05, 0.1) is 18.3 Å². The standard InChI is InChI=1S/C27H30N4O2/c1-21-7-5-6-13-29(21)15-16-31-26-11-10-24(17-23(26)19-28-31)30-14-12-25(18-27(30)32)33-20-22-8-3-2-4-9-22/h2-4,8-12,14,17-19,21H,5-7,13,15-16,20H2,1H3. The number of piperidine rings is 1. The average molecular weight is 443 g/mol. The zero-order chi connectivity index (χ0) is 22.6. The Kier molecular flexibility index (Phi) is 6.26. The normalized spacial score (nSPS) is 16.8. The lowest BCUT2D eigenvalue weighted by Gasteiger charge is -2.33. The minimum atomic E-state index is -0.119. The van der Waals surface area contributed by atoms with Gasteiger partial charge in [-0.05, 0) is 56.1 Å². The van der Waals surface area contributed by atoms with Crippen molar-refractivity contribution in [3.05, 3.63) is 89.0 Å². The lowest BCUT2D eigenvalue weighted by atomic mass is 10.0. The number of aromatic nitrogens is 3. The summed E-state index contributed by atoms with van der Waals surface area (Å²) in [4.78, 5) is 15.3. The zero-order valence-electron chi connectivity index (χ0n) is 19.1. The molecular weight excluding hydrogens is 412 g/mol. The van der Waals surface area contributed by atoms with Gasteiger partial charge in [0.25, 0.3) is 5.56 Å². The molecule has 4 aromatic rings. The van der Waals surface area contributed by atoms with Gasteiger partial charge in [0.2, 0.25) is 0 Å². The van der Waals surface area contributed by atoms with Crippen molar-refractivity contribution in [2.45, 2.75) is 45.4 Å². The van der Waals surface area contributed by atoms with Gasteiger partial charge in [-0.3, -0.25) is 18.9 Å². The summed E-state index contributed by atoms with van der Waals surface area (Å²) in [6.07, 6.45) is 7.57. The molecule has 0 radical (unpaired) electrons. The molecule has 2 aromatic heterocycles. The Morgan fingerprint density at radius 3 is 2.73 bits per heavy atom. The number of hydrogen-bond acceptors (Lipinski definition) is 4. The Bertz CT molecular complexity index is 1280. The second-order valence-electron chi connectivity index (χ2n) is 8.84. The molecule has 33 heavy (non-hydrogen) atoms. The van der Waals surface area contributed by atoms with E-state index in [2.05, 4.69) is 27.7 Å². The van der Waals surface area contributed by atoms with E-state index in [1.54, 1.807) is 10.8 Å². The molecule has 170 valence electrons. The molecule has 0 amide bonds. The van der Waals surface area contributed by atoms with E-state index >= 15 is 0 Å². The molecule has 6 heteroatoms. The van der Waals surface area contributed by atoms with Gasteiger partial charge >= 0.3 is 0 Å². The van der Waals surface area contributed by atoms with Crippen LogP contribution in [0.3, 0.4) is 0 Å². The highest BCUT2D eigenvalue weighted by molar-refractivity contribution is 5.80. The first-order valence-electron chi connectivity index (χ1n) is 11.8. The topological polar surface area (TPSA) is 52.3 Å². The maximum absolute atomic E-state index is 12.8. The van der Waals surface area contributed by atoms with Crippen molar-refractivity contribution in [3.63, 3.8) is 0 Å². The molecule has 3 heterocycles. The van der Waals surface area contributed by atoms with Gasteiger partial charge in [-0.1, -0.05) is 36.8 Å². The molecule has 0 aliphatic carbocycles. The fourth-order valence-corrected chi connectivity index (χ4v) is 4.62. The van der Waals surface area contributed by atoms with E-state index < -0.39 is 0 Å². The van der Waals surface area contributed by atoms with Crippen molar-refractivity contribution < 1.29 is 4.74 Å². The largest absolute Gasteiger partial charge is 0.489 e. The second kappa shape index (κ2) is 9.63. The van der Waals surface area contributed by atoms with E-state index in [-0.39, 0.29) is 5.56 Å².